The fourth-order valence-corrected chi connectivity index (χ4v) is 10.8. The van der Waals surface area contributed by atoms with Gasteiger partial charge in [-0.2, -0.15) is 20.1 Å². The van der Waals surface area contributed by atoms with Crippen molar-refractivity contribution >= 4 is 5.95 Å². The third kappa shape index (κ3) is 10.0. The molecule has 1 aromatic rings. The lowest BCUT2D eigenvalue weighted by molar-refractivity contribution is -0.315. The molecule has 0 bridgehead atoms. The van der Waals surface area contributed by atoms with Crippen LogP contribution in [0, 0.1) is 12.8 Å². The first kappa shape index (κ1) is 40.8. The van der Waals surface area contributed by atoms with Crippen molar-refractivity contribution in [2.24, 2.45) is 5.92 Å². The molecule has 2 aliphatic heterocycles. The summed E-state index contributed by atoms with van der Waals surface area (Å²) in [6, 6.07) is 0.328. The zero-order valence-corrected chi connectivity index (χ0v) is 35.0. The molecular formula is C43H78N6O2. The minimum atomic E-state index is -0.103. The molecule has 0 aromatic carbocycles. The Labute approximate surface area is 313 Å². The van der Waals surface area contributed by atoms with Crippen LogP contribution in [0.4, 0.5) is 5.95 Å². The third-order valence-corrected chi connectivity index (χ3v) is 12.8. The van der Waals surface area contributed by atoms with E-state index < -0.39 is 0 Å². The van der Waals surface area contributed by atoms with Gasteiger partial charge in [-0.1, -0.05) is 71.6 Å². The minimum absolute atomic E-state index is 0.0722. The number of unbranched alkanes of at least 4 members (excludes halogenated alkanes) is 2. The standard InChI is InChI=1S/C43H78N6O2/c1-12-14-26-37(33-28-40(4,5)48(41(6,7)29-33)50-35-22-18-16-19-23-35)38-44-32(3)45-39(46-38)47(27-15-13-2)34-30-42(8,9)49(43(10,11)31-34)51-36-24-20-17-21-25-36/h33-37H,12-31H2,1-11H3. The fraction of sp³-hybridized carbons (Fsp3) is 0.930. The molecule has 2 saturated carbocycles. The van der Waals surface area contributed by atoms with E-state index in [1.165, 1.54) is 77.0 Å². The molecule has 1 aromatic heterocycles. The van der Waals surface area contributed by atoms with E-state index in [1.54, 1.807) is 0 Å². The van der Waals surface area contributed by atoms with Crippen LogP contribution in [0.15, 0.2) is 0 Å². The first-order valence-electron chi connectivity index (χ1n) is 21.5. The normalized spacial score (nSPS) is 25.9. The molecule has 0 N–H and O–H groups in total. The van der Waals surface area contributed by atoms with Crippen molar-refractivity contribution in [3.8, 4) is 0 Å². The van der Waals surface area contributed by atoms with Crippen molar-refractivity contribution in [2.75, 3.05) is 11.4 Å². The second-order valence-electron chi connectivity index (χ2n) is 19.6. The maximum absolute atomic E-state index is 6.91. The molecule has 4 aliphatic rings. The van der Waals surface area contributed by atoms with Crippen LogP contribution in [-0.2, 0) is 9.68 Å². The summed E-state index contributed by atoms with van der Waals surface area (Å²) < 4.78 is 0. The molecule has 51 heavy (non-hydrogen) atoms. The van der Waals surface area contributed by atoms with E-state index in [2.05, 4.69) is 91.2 Å². The Morgan fingerprint density at radius 3 is 1.59 bits per heavy atom. The number of aromatic nitrogens is 3. The summed E-state index contributed by atoms with van der Waals surface area (Å²) in [6.07, 6.45) is 23.3. The number of aryl methyl sites for hydroxylation is 1. The van der Waals surface area contributed by atoms with Crippen LogP contribution >= 0.6 is 0 Å². The highest BCUT2D eigenvalue weighted by Crippen LogP contribution is 2.49. The lowest BCUT2D eigenvalue weighted by Gasteiger charge is -2.56. The lowest BCUT2D eigenvalue weighted by atomic mass is 9.69. The summed E-state index contributed by atoms with van der Waals surface area (Å²) in [5.74, 6) is 3.53. The zero-order valence-electron chi connectivity index (χ0n) is 35.0. The molecule has 5 rings (SSSR count). The molecule has 2 aliphatic carbocycles. The van der Waals surface area contributed by atoms with E-state index in [4.69, 9.17) is 24.6 Å². The molecule has 292 valence electrons. The van der Waals surface area contributed by atoms with Crippen LogP contribution in [0.5, 0.6) is 0 Å². The molecule has 0 spiro atoms. The average molecular weight is 711 g/mol. The molecule has 0 radical (unpaired) electrons. The van der Waals surface area contributed by atoms with Crippen molar-refractivity contribution in [1.82, 2.24) is 25.1 Å². The molecule has 1 unspecified atom stereocenters. The number of piperidine rings is 2. The van der Waals surface area contributed by atoms with Crippen LogP contribution in [0.2, 0.25) is 0 Å². The summed E-state index contributed by atoms with van der Waals surface area (Å²) in [6.45, 7) is 26.9. The Balaban J connectivity index is 1.42. The van der Waals surface area contributed by atoms with Gasteiger partial charge in [-0.25, -0.2) is 4.98 Å². The van der Waals surface area contributed by atoms with Crippen molar-refractivity contribution in [2.45, 2.75) is 244 Å². The monoisotopic (exact) mass is 711 g/mol. The Morgan fingerprint density at radius 2 is 1.12 bits per heavy atom. The summed E-state index contributed by atoms with van der Waals surface area (Å²) in [4.78, 5) is 32.2. The van der Waals surface area contributed by atoms with E-state index in [9.17, 15) is 0 Å². The summed E-state index contributed by atoms with van der Waals surface area (Å²) in [5, 5.41) is 4.80. The second kappa shape index (κ2) is 17.0. The van der Waals surface area contributed by atoms with Gasteiger partial charge < -0.3 is 4.90 Å². The van der Waals surface area contributed by atoms with Gasteiger partial charge in [0.05, 0.1) is 12.2 Å². The number of nitrogens with zero attached hydrogens (tertiary/aromatic N) is 6. The van der Waals surface area contributed by atoms with E-state index in [1.807, 2.05) is 0 Å². The van der Waals surface area contributed by atoms with Gasteiger partial charge in [0.1, 0.15) is 11.6 Å². The molecular weight excluding hydrogens is 633 g/mol. The Bertz CT molecular complexity index is 1110. The predicted molar refractivity (Wildman–Crippen MR) is 211 cm³/mol. The van der Waals surface area contributed by atoms with Gasteiger partial charge >= 0.3 is 0 Å². The highest BCUT2D eigenvalue weighted by molar-refractivity contribution is 5.34. The lowest BCUT2D eigenvalue weighted by Crippen LogP contribution is -2.65. The summed E-state index contributed by atoms with van der Waals surface area (Å²) in [5.41, 5.74) is -0.351. The molecule has 2 saturated heterocycles. The van der Waals surface area contributed by atoms with Crippen LogP contribution in [0.25, 0.3) is 0 Å². The van der Waals surface area contributed by atoms with Gasteiger partial charge in [0.15, 0.2) is 0 Å². The van der Waals surface area contributed by atoms with Gasteiger partial charge in [0.2, 0.25) is 5.95 Å². The molecule has 3 heterocycles. The Hall–Kier alpha value is -1.35. The van der Waals surface area contributed by atoms with Crippen LogP contribution < -0.4 is 4.90 Å². The van der Waals surface area contributed by atoms with E-state index >= 15 is 0 Å². The predicted octanol–water partition coefficient (Wildman–Crippen LogP) is 10.9. The SMILES string of the molecule is CCCCC(c1nc(C)nc(N(CCCC)C2CC(C)(C)N(OC3CCCCC3)C(C)(C)C2)n1)C1CC(C)(C)N(OC2CCCCC2)C(C)(C)C1. The average Bonchev–Trinajstić information content (AvgIpc) is 3.05. The van der Waals surface area contributed by atoms with Gasteiger partial charge in [-0.15, -0.1) is 0 Å². The van der Waals surface area contributed by atoms with Crippen LogP contribution in [-0.4, -0.2) is 72.0 Å². The maximum Gasteiger partial charge on any atom is 0.229 e. The van der Waals surface area contributed by atoms with Crippen molar-refractivity contribution in [3.05, 3.63) is 11.6 Å². The molecule has 8 heteroatoms. The number of hydroxylamine groups is 4. The maximum atomic E-state index is 6.91. The number of anilines is 1. The summed E-state index contributed by atoms with van der Waals surface area (Å²) >= 11 is 0. The van der Waals surface area contributed by atoms with Gasteiger partial charge in [0.25, 0.3) is 0 Å². The van der Waals surface area contributed by atoms with Crippen molar-refractivity contribution in [3.63, 3.8) is 0 Å². The van der Waals surface area contributed by atoms with Crippen molar-refractivity contribution < 1.29 is 9.68 Å². The molecule has 1 atom stereocenters. The van der Waals surface area contributed by atoms with Gasteiger partial charge in [0, 0.05) is 40.7 Å². The highest BCUT2D eigenvalue weighted by atomic mass is 16.7. The van der Waals surface area contributed by atoms with E-state index in [0.29, 0.717) is 30.1 Å². The van der Waals surface area contributed by atoms with Crippen molar-refractivity contribution in [1.29, 1.82) is 0 Å². The number of hydrogen-bond donors (Lipinski definition) is 0. The molecule has 8 nitrogen and oxygen atoms in total. The van der Waals surface area contributed by atoms with E-state index in [0.717, 1.165) is 69.1 Å². The largest absolute Gasteiger partial charge is 0.338 e. The smallest absolute Gasteiger partial charge is 0.229 e. The van der Waals surface area contributed by atoms with Gasteiger partial charge in [-0.3, -0.25) is 9.68 Å². The fourth-order valence-electron chi connectivity index (χ4n) is 10.8. The number of hydrogen-bond acceptors (Lipinski definition) is 8. The Kier molecular flexibility index (Phi) is 13.6. The first-order chi connectivity index (χ1) is 24.1. The summed E-state index contributed by atoms with van der Waals surface area (Å²) in [7, 11) is 0. The van der Waals surface area contributed by atoms with Crippen LogP contribution in [0.1, 0.15) is 209 Å². The Morgan fingerprint density at radius 1 is 0.647 bits per heavy atom. The topological polar surface area (TPSA) is 66.9 Å². The van der Waals surface area contributed by atoms with E-state index in [-0.39, 0.29) is 22.2 Å². The van der Waals surface area contributed by atoms with Gasteiger partial charge in [-0.05, 0) is 132 Å². The van der Waals surface area contributed by atoms with Crippen LogP contribution in [0.3, 0.4) is 0 Å². The zero-order chi connectivity index (χ0) is 37.0. The number of rotatable bonds is 14. The minimum Gasteiger partial charge on any atom is -0.338 e. The molecule has 0 amide bonds. The second-order valence-corrected chi connectivity index (χ2v) is 19.6. The molecule has 4 fully saturated rings. The first-order valence-corrected chi connectivity index (χ1v) is 21.5. The third-order valence-electron chi connectivity index (χ3n) is 12.8. The quantitative estimate of drug-likeness (QED) is 0.189. The highest BCUT2D eigenvalue weighted by Gasteiger charge is 2.51.